The average molecular weight is 391 g/mol. The first-order valence-corrected chi connectivity index (χ1v) is 10.3. The van der Waals surface area contributed by atoms with Crippen LogP contribution in [0.25, 0.3) is 0 Å². The molecule has 0 amide bonds. The third-order valence-electron chi connectivity index (χ3n) is 5.44. The lowest BCUT2D eigenvalue weighted by molar-refractivity contribution is 0.169. The first-order valence-electron chi connectivity index (χ1n) is 9.51. The predicted octanol–water partition coefficient (Wildman–Crippen LogP) is 5.08. The van der Waals surface area contributed by atoms with Crippen molar-refractivity contribution >= 4 is 23.2 Å². The molecule has 0 bridgehead atoms. The Bertz CT molecular complexity index is 682. The summed E-state index contributed by atoms with van der Waals surface area (Å²) in [5.41, 5.74) is 2.63. The van der Waals surface area contributed by atoms with E-state index in [9.17, 15) is 0 Å². The topological polar surface area (TPSA) is 15.3 Å². The smallest absolute Gasteiger partial charge is 0.0453 e. The van der Waals surface area contributed by atoms with Crippen LogP contribution < -0.4 is 5.32 Å². The molecule has 2 aromatic rings. The SMILES string of the molecule is CNC(Cc1ccc(Cl)cc1Cl)CN1CCC(Cc2ccccc2)CC1. The van der Waals surface area contributed by atoms with E-state index in [1.54, 1.807) is 0 Å². The highest BCUT2D eigenvalue weighted by molar-refractivity contribution is 6.35. The maximum atomic E-state index is 6.34. The monoisotopic (exact) mass is 390 g/mol. The maximum Gasteiger partial charge on any atom is 0.0453 e. The molecule has 0 aromatic heterocycles. The minimum absolute atomic E-state index is 0.402. The Morgan fingerprint density at radius 2 is 1.81 bits per heavy atom. The van der Waals surface area contributed by atoms with Crippen LogP contribution in [0.3, 0.4) is 0 Å². The van der Waals surface area contributed by atoms with Gasteiger partial charge in [-0.25, -0.2) is 0 Å². The zero-order chi connectivity index (χ0) is 18.4. The number of benzene rings is 2. The summed E-state index contributed by atoms with van der Waals surface area (Å²) >= 11 is 12.3. The molecular weight excluding hydrogens is 363 g/mol. The summed E-state index contributed by atoms with van der Waals surface area (Å²) in [6.45, 7) is 3.43. The van der Waals surface area contributed by atoms with Gasteiger partial charge in [0.2, 0.25) is 0 Å². The number of halogens is 2. The van der Waals surface area contributed by atoms with Gasteiger partial charge >= 0.3 is 0 Å². The Morgan fingerprint density at radius 1 is 1.08 bits per heavy atom. The minimum Gasteiger partial charge on any atom is -0.315 e. The van der Waals surface area contributed by atoms with E-state index in [4.69, 9.17) is 23.2 Å². The van der Waals surface area contributed by atoms with Gasteiger partial charge in [0.05, 0.1) is 0 Å². The highest BCUT2D eigenvalue weighted by atomic mass is 35.5. The molecule has 1 unspecified atom stereocenters. The second kappa shape index (κ2) is 9.75. The first-order chi connectivity index (χ1) is 12.6. The quantitative estimate of drug-likeness (QED) is 0.708. The molecule has 0 aliphatic carbocycles. The third-order valence-corrected chi connectivity index (χ3v) is 6.03. The number of rotatable bonds is 7. The van der Waals surface area contributed by atoms with Crippen molar-refractivity contribution in [1.82, 2.24) is 10.2 Å². The van der Waals surface area contributed by atoms with Crippen molar-refractivity contribution in [2.75, 3.05) is 26.7 Å². The van der Waals surface area contributed by atoms with Gasteiger partial charge in [0, 0.05) is 22.6 Å². The summed E-state index contributed by atoms with van der Waals surface area (Å²) < 4.78 is 0. The van der Waals surface area contributed by atoms with Crippen LogP contribution in [0.4, 0.5) is 0 Å². The Morgan fingerprint density at radius 3 is 2.46 bits per heavy atom. The zero-order valence-electron chi connectivity index (χ0n) is 15.4. The van der Waals surface area contributed by atoms with Crippen LogP contribution >= 0.6 is 23.2 Å². The number of hydrogen-bond acceptors (Lipinski definition) is 2. The largest absolute Gasteiger partial charge is 0.315 e. The molecule has 4 heteroatoms. The lowest BCUT2D eigenvalue weighted by Crippen LogP contribution is -2.44. The Labute approximate surface area is 167 Å². The molecule has 1 fully saturated rings. The molecule has 3 rings (SSSR count). The van der Waals surface area contributed by atoms with Crippen LogP contribution in [0.15, 0.2) is 48.5 Å². The highest BCUT2D eigenvalue weighted by Gasteiger charge is 2.22. The Balaban J connectivity index is 1.48. The zero-order valence-corrected chi connectivity index (χ0v) is 16.9. The van der Waals surface area contributed by atoms with E-state index in [0.29, 0.717) is 11.1 Å². The highest BCUT2D eigenvalue weighted by Crippen LogP contribution is 2.24. The van der Waals surface area contributed by atoms with Gasteiger partial charge in [0.15, 0.2) is 0 Å². The van der Waals surface area contributed by atoms with Crippen LogP contribution in [0.5, 0.6) is 0 Å². The number of piperidine rings is 1. The van der Waals surface area contributed by atoms with Crippen LogP contribution in [0, 0.1) is 5.92 Å². The number of hydrogen-bond donors (Lipinski definition) is 1. The summed E-state index contributed by atoms with van der Waals surface area (Å²) in [6.07, 6.45) is 4.71. The molecule has 1 aliphatic rings. The summed E-state index contributed by atoms with van der Waals surface area (Å²) in [4.78, 5) is 2.59. The van der Waals surface area contributed by atoms with Crippen molar-refractivity contribution in [3.63, 3.8) is 0 Å². The van der Waals surface area contributed by atoms with Crippen LogP contribution in [-0.2, 0) is 12.8 Å². The fourth-order valence-electron chi connectivity index (χ4n) is 3.84. The van der Waals surface area contributed by atoms with Gasteiger partial charge in [-0.2, -0.15) is 0 Å². The van der Waals surface area contributed by atoms with Gasteiger partial charge in [0.25, 0.3) is 0 Å². The lowest BCUT2D eigenvalue weighted by Gasteiger charge is -2.34. The third kappa shape index (κ3) is 5.72. The molecule has 2 nitrogen and oxygen atoms in total. The molecule has 140 valence electrons. The van der Waals surface area contributed by atoms with Gasteiger partial charge in [-0.1, -0.05) is 59.6 Å². The molecule has 1 N–H and O–H groups in total. The van der Waals surface area contributed by atoms with Gasteiger partial charge in [-0.05, 0) is 75.0 Å². The van der Waals surface area contributed by atoms with Crippen molar-refractivity contribution in [3.05, 3.63) is 69.7 Å². The van der Waals surface area contributed by atoms with E-state index < -0.39 is 0 Å². The normalized spacial score (nSPS) is 17.3. The van der Waals surface area contributed by atoms with Gasteiger partial charge in [-0.3, -0.25) is 0 Å². The molecule has 0 saturated carbocycles. The fourth-order valence-corrected chi connectivity index (χ4v) is 4.33. The molecular formula is C22H28Cl2N2. The van der Waals surface area contributed by atoms with E-state index in [-0.39, 0.29) is 0 Å². The van der Waals surface area contributed by atoms with Crippen molar-refractivity contribution in [3.8, 4) is 0 Å². The summed E-state index contributed by atoms with van der Waals surface area (Å²) in [5, 5.41) is 4.92. The van der Waals surface area contributed by atoms with Gasteiger partial charge in [0.1, 0.15) is 0 Å². The van der Waals surface area contributed by atoms with Crippen molar-refractivity contribution in [1.29, 1.82) is 0 Å². The number of likely N-dealkylation sites (N-methyl/N-ethyl adjacent to an activating group) is 1. The van der Waals surface area contributed by atoms with Crippen LogP contribution in [0.1, 0.15) is 24.0 Å². The maximum absolute atomic E-state index is 6.34. The van der Waals surface area contributed by atoms with E-state index in [1.807, 2.05) is 25.2 Å². The molecule has 0 radical (unpaired) electrons. The Hall–Kier alpha value is -1.06. The van der Waals surface area contributed by atoms with E-state index >= 15 is 0 Å². The fraction of sp³-hybridized carbons (Fsp3) is 0.455. The number of nitrogens with zero attached hydrogens (tertiary/aromatic N) is 1. The number of likely N-dealkylation sites (tertiary alicyclic amines) is 1. The molecule has 1 heterocycles. The van der Waals surface area contributed by atoms with Crippen molar-refractivity contribution in [2.45, 2.75) is 31.7 Å². The van der Waals surface area contributed by atoms with Crippen molar-refractivity contribution in [2.24, 2.45) is 5.92 Å². The standard InChI is InChI=1S/C22H28Cl2N2/c1-25-21(14-19-7-8-20(23)15-22(19)24)16-26-11-9-18(10-12-26)13-17-5-3-2-4-6-17/h2-8,15,18,21,25H,9-14,16H2,1H3. The predicted molar refractivity (Wildman–Crippen MR) is 112 cm³/mol. The molecule has 2 aromatic carbocycles. The first kappa shape index (κ1) is 19.7. The lowest BCUT2D eigenvalue weighted by atomic mass is 9.90. The second-order valence-electron chi connectivity index (χ2n) is 7.36. The van der Waals surface area contributed by atoms with Crippen LogP contribution in [0.2, 0.25) is 10.0 Å². The van der Waals surface area contributed by atoms with Gasteiger partial charge < -0.3 is 10.2 Å². The molecule has 1 atom stereocenters. The van der Waals surface area contributed by atoms with Crippen LogP contribution in [-0.4, -0.2) is 37.6 Å². The summed E-state index contributed by atoms with van der Waals surface area (Å²) in [5.74, 6) is 0.812. The van der Waals surface area contributed by atoms with E-state index in [1.165, 1.54) is 37.9 Å². The van der Waals surface area contributed by atoms with E-state index in [2.05, 4.69) is 40.5 Å². The summed E-state index contributed by atoms with van der Waals surface area (Å²) in [7, 11) is 2.04. The summed E-state index contributed by atoms with van der Waals surface area (Å²) in [6, 6.07) is 17.1. The molecule has 1 saturated heterocycles. The van der Waals surface area contributed by atoms with E-state index in [0.717, 1.165) is 29.5 Å². The molecule has 1 aliphatic heterocycles. The number of nitrogens with one attached hydrogen (secondary N) is 1. The second-order valence-corrected chi connectivity index (χ2v) is 8.20. The minimum atomic E-state index is 0.402. The van der Waals surface area contributed by atoms with Gasteiger partial charge in [-0.15, -0.1) is 0 Å². The molecule has 26 heavy (non-hydrogen) atoms. The average Bonchev–Trinajstić information content (AvgIpc) is 2.65. The van der Waals surface area contributed by atoms with Crippen molar-refractivity contribution < 1.29 is 0 Å². The molecule has 0 spiro atoms. The Kier molecular flexibility index (Phi) is 7.39.